The number of ether oxygens (including phenoxy) is 1. The number of hydrogen-bond acceptors (Lipinski definition) is 5. The average Bonchev–Trinajstić information content (AvgIpc) is 3.38. The van der Waals surface area contributed by atoms with Crippen LogP contribution in [0.25, 0.3) is 10.1 Å². The Labute approximate surface area is 214 Å². The van der Waals surface area contributed by atoms with Gasteiger partial charge in [-0.2, -0.15) is 0 Å². The standard InChI is InChI=1S/C29H30F2N2O2S/c30-25-6-1-21(2-7-25)29(22-3-8-26(31)9-4-22)33-14-12-32(13-15-33)16-17-35-20-27(34)23-5-10-28-24(19-23)11-18-36-28/h1-11,18-19,27,29,34H,12-17,20H2. The number of benzene rings is 3. The van der Waals surface area contributed by atoms with Gasteiger partial charge in [0.25, 0.3) is 0 Å². The van der Waals surface area contributed by atoms with Crippen molar-refractivity contribution in [1.29, 1.82) is 0 Å². The van der Waals surface area contributed by atoms with E-state index >= 15 is 0 Å². The molecule has 2 heterocycles. The molecule has 1 unspecified atom stereocenters. The summed E-state index contributed by atoms with van der Waals surface area (Å²) in [5, 5.41) is 13.7. The van der Waals surface area contributed by atoms with Crippen molar-refractivity contribution in [1.82, 2.24) is 9.80 Å². The van der Waals surface area contributed by atoms with E-state index in [9.17, 15) is 13.9 Å². The Morgan fingerprint density at radius 2 is 1.42 bits per heavy atom. The molecule has 1 atom stereocenters. The first-order valence-electron chi connectivity index (χ1n) is 12.3. The van der Waals surface area contributed by atoms with Gasteiger partial charge >= 0.3 is 0 Å². The van der Waals surface area contributed by atoms with Gasteiger partial charge in [-0.3, -0.25) is 9.80 Å². The predicted octanol–water partition coefficient (Wildman–Crippen LogP) is 5.64. The van der Waals surface area contributed by atoms with E-state index in [1.54, 1.807) is 11.3 Å². The van der Waals surface area contributed by atoms with Gasteiger partial charge < -0.3 is 9.84 Å². The van der Waals surface area contributed by atoms with Gasteiger partial charge in [0.15, 0.2) is 0 Å². The Hall–Kier alpha value is -2.68. The second-order valence-electron chi connectivity index (χ2n) is 9.19. The van der Waals surface area contributed by atoms with Gasteiger partial charge in [0, 0.05) is 37.4 Å². The highest BCUT2D eigenvalue weighted by Gasteiger charge is 2.26. The van der Waals surface area contributed by atoms with E-state index in [1.807, 2.05) is 42.5 Å². The summed E-state index contributed by atoms with van der Waals surface area (Å²) in [6.45, 7) is 5.04. The van der Waals surface area contributed by atoms with Gasteiger partial charge in [-0.05, 0) is 69.9 Å². The minimum Gasteiger partial charge on any atom is -0.386 e. The van der Waals surface area contributed by atoms with Crippen LogP contribution in [0, 0.1) is 11.6 Å². The molecule has 36 heavy (non-hydrogen) atoms. The normalized spacial score (nSPS) is 16.1. The number of aliphatic hydroxyl groups excluding tert-OH is 1. The van der Waals surface area contributed by atoms with Crippen molar-refractivity contribution in [3.8, 4) is 0 Å². The van der Waals surface area contributed by atoms with Gasteiger partial charge in [-0.15, -0.1) is 11.3 Å². The Morgan fingerprint density at radius 1 is 0.806 bits per heavy atom. The molecular formula is C29H30F2N2O2S. The number of rotatable bonds is 9. The van der Waals surface area contributed by atoms with Gasteiger partial charge in [-0.25, -0.2) is 8.78 Å². The van der Waals surface area contributed by atoms with Gasteiger partial charge in [0.05, 0.1) is 19.3 Å². The molecule has 0 saturated carbocycles. The van der Waals surface area contributed by atoms with Crippen molar-refractivity contribution in [2.75, 3.05) is 45.9 Å². The Morgan fingerprint density at radius 3 is 2.06 bits per heavy atom. The molecule has 1 N–H and O–H groups in total. The molecule has 1 saturated heterocycles. The minimum atomic E-state index is -0.640. The topological polar surface area (TPSA) is 35.9 Å². The zero-order chi connectivity index (χ0) is 24.9. The maximum atomic E-state index is 13.5. The molecule has 5 rings (SSSR count). The fraction of sp³-hybridized carbons (Fsp3) is 0.310. The van der Waals surface area contributed by atoms with Crippen LogP contribution in [0.1, 0.15) is 28.8 Å². The van der Waals surface area contributed by atoms with Crippen LogP contribution in [-0.2, 0) is 4.74 Å². The van der Waals surface area contributed by atoms with Crippen LogP contribution in [-0.4, -0.2) is 60.8 Å². The van der Waals surface area contributed by atoms with Gasteiger partial charge in [0.1, 0.15) is 17.7 Å². The molecule has 0 aliphatic carbocycles. The van der Waals surface area contributed by atoms with Crippen molar-refractivity contribution in [2.24, 2.45) is 0 Å². The molecule has 4 nitrogen and oxygen atoms in total. The number of piperazine rings is 1. The molecule has 7 heteroatoms. The lowest BCUT2D eigenvalue weighted by Crippen LogP contribution is -2.48. The van der Waals surface area contributed by atoms with Crippen LogP contribution >= 0.6 is 11.3 Å². The molecule has 0 spiro atoms. The molecule has 188 valence electrons. The average molecular weight is 509 g/mol. The van der Waals surface area contributed by atoms with Crippen molar-refractivity contribution in [3.63, 3.8) is 0 Å². The summed E-state index contributed by atoms with van der Waals surface area (Å²) in [6, 6.07) is 21.2. The molecule has 1 fully saturated rings. The second kappa shape index (κ2) is 11.6. The van der Waals surface area contributed by atoms with Crippen LogP contribution in [0.4, 0.5) is 8.78 Å². The van der Waals surface area contributed by atoms with Crippen molar-refractivity contribution in [3.05, 3.63) is 107 Å². The van der Waals surface area contributed by atoms with Crippen molar-refractivity contribution in [2.45, 2.75) is 12.1 Å². The smallest absolute Gasteiger partial charge is 0.123 e. The molecular weight excluding hydrogens is 478 g/mol. The van der Waals surface area contributed by atoms with E-state index < -0.39 is 6.10 Å². The van der Waals surface area contributed by atoms with Crippen LogP contribution < -0.4 is 0 Å². The zero-order valence-corrected chi connectivity index (χ0v) is 20.8. The van der Waals surface area contributed by atoms with E-state index in [0.29, 0.717) is 6.61 Å². The van der Waals surface area contributed by atoms with Crippen LogP contribution in [0.2, 0.25) is 0 Å². The summed E-state index contributed by atoms with van der Waals surface area (Å²) in [7, 11) is 0. The maximum absolute atomic E-state index is 13.5. The van der Waals surface area contributed by atoms with E-state index in [0.717, 1.165) is 54.8 Å². The Kier molecular flexibility index (Phi) is 8.04. The third kappa shape index (κ3) is 5.99. The van der Waals surface area contributed by atoms with Crippen LogP contribution in [0.5, 0.6) is 0 Å². The van der Waals surface area contributed by atoms with Crippen molar-refractivity contribution < 1.29 is 18.6 Å². The predicted molar refractivity (Wildman–Crippen MR) is 140 cm³/mol. The SMILES string of the molecule is OC(COCCN1CCN(C(c2ccc(F)cc2)c2ccc(F)cc2)CC1)c1ccc2sccc2c1. The molecule has 1 aromatic heterocycles. The molecule has 1 aliphatic rings. The van der Waals surface area contributed by atoms with Crippen molar-refractivity contribution >= 4 is 21.4 Å². The summed E-state index contributed by atoms with van der Waals surface area (Å²) in [6.07, 6.45) is -0.640. The monoisotopic (exact) mass is 508 g/mol. The first-order valence-corrected chi connectivity index (χ1v) is 13.1. The molecule has 4 aromatic rings. The summed E-state index contributed by atoms with van der Waals surface area (Å²) < 4.78 is 34.1. The summed E-state index contributed by atoms with van der Waals surface area (Å²) >= 11 is 1.69. The molecule has 0 bridgehead atoms. The highest BCUT2D eigenvalue weighted by molar-refractivity contribution is 7.17. The van der Waals surface area contributed by atoms with E-state index in [4.69, 9.17) is 4.74 Å². The first kappa shape index (κ1) is 25.0. The number of thiophene rings is 1. The second-order valence-corrected chi connectivity index (χ2v) is 10.1. The van der Waals surface area contributed by atoms with Crippen LogP contribution in [0.3, 0.4) is 0 Å². The third-order valence-corrected chi connectivity index (χ3v) is 7.73. The summed E-state index contributed by atoms with van der Waals surface area (Å²) in [5.41, 5.74) is 2.87. The Bertz CT molecular complexity index is 1210. The summed E-state index contributed by atoms with van der Waals surface area (Å²) in [5.74, 6) is -0.530. The number of hydrogen-bond donors (Lipinski definition) is 1. The number of fused-ring (bicyclic) bond motifs is 1. The highest BCUT2D eigenvalue weighted by atomic mass is 32.1. The lowest BCUT2D eigenvalue weighted by atomic mass is 9.96. The minimum absolute atomic E-state index is 0.0553. The fourth-order valence-electron chi connectivity index (χ4n) is 4.83. The largest absolute Gasteiger partial charge is 0.386 e. The number of halogens is 2. The molecule has 3 aromatic carbocycles. The lowest BCUT2D eigenvalue weighted by molar-refractivity contribution is 0.0183. The molecule has 0 radical (unpaired) electrons. The lowest BCUT2D eigenvalue weighted by Gasteiger charge is -2.39. The van der Waals surface area contributed by atoms with Gasteiger partial charge in [0.2, 0.25) is 0 Å². The summed E-state index contributed by atoms with van der Waals surface area (Å²) in [4.78, 5) is 4.72. The maximum Gasteiger partial charge on any atom is 0.123 e. The third-order valence-electron chi connectivity index (χ3n) is 6.83. The van der Waals surface area contributed by atoms with E-state index in [2.05, 4.69) is 21.2 Å². The molecule has 1 aliphatic heterocycles. The van der Waals surface area contributed by atoms with E-state index in [-0.39, 0.29) is 24.3 Å². The first-order chi connectivity index (χ1) is 17.6. The van der Waals surface area contributed by atoms with Crippen LogP contribution in [0.15, 0.2) is 78.2 Å². The fourth-order valence-corrected chi connectivity index (χ4v) is 5.60. The Balaban J connectivity index is 1.12. The van der Waals surface area contributed by atoms with E-state index in [1.165, 1.54) is 29.0 Å². The molecule has 0 amide bonds. The highest BCUT2D eigenvalue weighted by Crippen LogP contribution is 2.30. The number of aliphatic hydroxyl groups is 1. The van der Waals surface area contributed by atoms with Gasteiger partial charge in [-0.1, -0.05) is 30.3 Å². The number of nitrogens with zero attached hydrogens (tertiary/aromatic N) is 2. The quantitative estimate of drug-likeness (QED) is 0.297. The zero-order valence-electron chi connectivity index (χ0n) is 20.0.